The van der Waals surface area contributed by atoms with Crippen molar-refractivity contribution in [3.63, 3.8) is 0 Å². The number of hydrogen-bond acceptors (Lipinski definition) is 9. The molecule has 0 bridgehead atoms. The monoisotopic (exact) mass is 722 g/mol. The van der Waals surface area contributed by atoms with E-state index >= 15 is 0 Å². The smallest absolute Gasteiger partial charge is 0.280 e. The molecule has 2 atom stereocenters. The number of alkyl halides is 2. The van der Waals surface area contributed by atoms with Gasteiger partial charge in [0.05, 0.1) is 46.4 Å². The van der Waals surface area contributed by atoms with Crippen LogP contribution in [0.4, 0.5) is 19.0 Å². The van der Waals surface area contributed by atoms with E-state index in [9.17, 15) is 18.0 Å². The predicted molar refractivity (Wildman–Crippen MR) is 190 cm³/mol. The van der Waals surface area contributed by atoms with E-state index in [2.05, 4.69) is 20.5 Å². The highest BCUT2D eigenvalue weighted by Gasteiger charge is 2.45. The first-order valence-electron chi connectivity index (χ1n) is 17.4. The molecule has 13 heteroatoms. The Morgan fingerprint density at radius 1 is 1.04 bits per heavy atom. The van der Waals surface area contributed by atoms with Gasteiger partial charge in [0.15, 0.2) is 0 Å². The van der Waals surface area contributed by atoms with E-state index in [1.807, 2.05) is 29.2 Å². The molecule has 4 aromatic heterocycles. The van der Waals surface area contributed by atoms with Crippen LogP contribution in [-0.4, -0.2) is 44.6 Å². The van der Waals surface area contributed by atoms with Crippen molar-refractivity contribution in [3.8, 4) is 27.6 Å². The van der Waals surface area contributed by atoms with Crippen molar-refractivity contribution in [2.75, 3.05) is 19.0 Å². The first-order chi connectivity index (χ1) is 25.3. The second kappa shape index (κ2) is 12.7. The Bertz CT molecular complexity index is 2380. The van der Waals surface area contributed by atoms with Gasteiger partial charge in [-0.15, -0.1) is 21.5 Å². The van der Waals surface area contributed by atoms with Gasteiger partial charge >= 0.3 is 0 Å². The zero-order chi connectivity index (χ0) is 35.7. The van der Waals surface area contributed by atoms with Crippen LogP contribution >= 0.6 is 11.3 Å². The normalized spacial score (nSPS) is 17.7. The number of methoxy groups -OCH3 is 1. The summed E-state index contributed by atoms with van der Waals surface area (Å²) in [5, 5.41) is 12.6. The highest BCUT2D eigenvalue weighted by molar-refractivity contribution is 7.23. The molecule has 1 fully saturated rings. The molecule has 52 heavy (non-hydrogen) atoms. The molecule has 1 unspecified atom stereocenters. The van der Waals surface area contributed by atoms with Crippen LogP contribution in [0.2, 0.25) is 0 Å². The molecule has 1 amide bonds. The van der Waals surface area contributed by atoms with Crippen LogP contribution in [-0.2, 0) is 19.3 Å². The Morgan fingerprint density at radius 3 is 2.65 bits per heavy atom. The van der Waals surface area contributed by atoms with Crippen molar-refractivity contribution in [1.29, 1.82) is 0 Å². The number of rotatable bonds is 9. The number of amides is 1. The molecule has 9 rings (SSSR count). The molecule has 1 saturated heterocycles. The number of nitrogens with one attached hydrogen (secondary N) is 1. The van der Waals surface area contributed by atoms with Crippen molar-refractivity contribution >= 4 is 33.1 Å². The molecule has 2 aromatic carbocycles. The third-order valence-electron chi connectivity index (χ3n) is 10.4. The maximum absolute atomic E-state index is 14.4. The molecule has 6 heterocycles. The third kappa shape index (κ3) is 5.40. The molecule has 1 aliphatic carbocycles. The Hall–Kier alpha value is -5.30. The number of anilines is 1. The summed E-state index contributed by atoms with van der Waals surface area (Å²) in [6.07, 6.45) is 1.39. The molecule has 0 radical (unpaired) electrons. The second-order valence-corrected chi connectivity index (χ2v) is 14.5. The van der Waals surface area contributed by atoms with Gasteiger partial charge in [0.25, 0.3) is 12.3 Å². The summed E-state index contributed by atoms with van der Waals surface area (Å²) in [7, 11) is 1.64. The molecule has 264 valence electrons. The van der Waals surface area contributed by atoms with E-state index in [1.54, 1.807) is 26.2 Å². The van der Waals surface area contributed by atoms with Gasteiger partial charge in [0.1, 0.15) is 23.1 Å². The molecular weight excluding hydrogens is 690 g/mol. The van der Waals surface area contributed by atoms with Crippen molar-refractivity contribution in [1.82, 2.24) is 25.1 Å². The zero-order valence-electron chi connectivity index (χ0n) is 28.4. The fourth-order valence-corrected chi connectivity index (χ4v) is 9.20. The topological polar surface area (TPSA) is 106 Å². The van der Waals surface area contributed by atoms with Crippen molar-refractivity contribution in [2.45, 2.75) is 64.0 Å². The number of carbonyl (C=O) groups excluding carboxylic acids is 1. The van der Waals surface area contributed by atoms with Gasteiger partial charge in [-0.3, -0.25) is 9.78 Å². The van der Waals surface area contributed by atoms with Gasteiger partial charge in [-0.2, -0.15) is 0 Å². The second-order valence-electron chi connectivity index (χ2n) is 13.5. The lowest BCUT2D eigenvalue weighted by Crippen LogP contribution is -2.22. The van der Waals surface area contributed by atoms with Crippen LogP contribution in [0.15, 0.2) is 59.0 Å². The van der Waals surface area contributed by atoms with Gasteiger partial charge in [0.2, 0.25) is 11.8 Å². The van der Waals surface area contributed by atoms with Crippen molar-refractivity contribution in [2.24, 2.45) is 0 Å². The van der Waals surface area contributed by atoms with Crippen molar-refractivity contribution < 1.29 is 27.1 Å². The number of pyridine rings is 2. The molecular formula is C39H33F3N6O3S. The fourth-order valence-electron chi connectivity index (χ4n) is 8.05. The number of ether oxygens (including phenoxy) is 1. The highest BCUT2D eigenvalue weighted by atomic mass is 32.1. The quantitative estimate of drug-likeness (QED) is 0.158. The van der Waals surface area contributed by atoms with Crippen LogP contribution in [0.3, 0.4) is 0 Å². The number of hydrogen-bond donors (Lipinski definition) is 1. The summed E-state index contributed by atoms with van der Waals surface area (Å²) in [4.78, 5) is 26.4. The summed E-state index contributed by atoms with van der Waals surface area (Å²) in [6, 6.07) is 15.2. The van der Waals surface area contributed by atoms with Crippen LogP contribution in [0.5, 0.6) is 5.75 Å². The first-order valence-corrected chi connectivity index (χ1v) is 18.2. The van der Waals surface area contributed by atoms with E-state index in [0.717, 1.165) is 48.1 Å². The number of thiophene rings is 1. The summed E-state index contributed by atoms with van der Waals surface area (Å²) < 4.78 is 54.9. The fraction of sp³-hybridized carbons (Fsp3) is 0.308. The lowest BCUT2D eigenvalue weighted by Gasteiger charge is -2.17. The van der Waals surface area contributed by atoms with E-state index < -0.39 is 6.43 Å². The van der Waals surface area contributed by atoms with Gasteiger partial charge < -0.3 is 19.4 Å². The average molecular weight is 723 g/mol. The summed E-state index contributed by atoms with van der Waals surface area (Å²) in [6.45, 7) is 2.32. The van der Waals surface area contributed by atoms with Crippen LogP contribution < -0.4 is 10.1 Å². The number of carbonyl (C=O) groups is 1. The maximum atomic E-state index is 14.4. The van der Waals surface area contributed by atoms with Crippen LogP contribution in [0.1, 0.15) is 87.8 Å². The van der Waals surface area contributed by atoms with E-state index in [1.165, 1.54) is 29.5 Å². The lowest BCUT2D eigenvalue weighted by molar-refractivity contribution is 0.0776. The number of halogens is 3. The van der Waals surface area contributed by atoms with Gasteiger partial charge in [-0.05, 0) is 90.9 Å². The zero-order valence-corrected chi connectivity index (χ0v) is 29.2. The number of nitrogens with zero attached hydrogens (tertiary/aromatic N) is 5. The molecule has 9 nitrogen and oxygen atoms in total. The molecule has 3 aliphatic rings. The van der Waals surface area contributed by atoms with Crippen molar-refractivity contribution in [3.05, 3.63) is 106 Å². The minimum absolute atomic E-state index is 0.124. The van der Waals surface area contributed by atoms with Crippen LogP contribution in [0, 0.1) is 12.7 Å². The third-order valence-corrected chi connectivity index (χ3v) is 11.6. The molecule has 0 saturated carbocycles. The molecule has 6 aromatic rings. The minimum atomic E-state index is -2.79. The Balaban J connectivity index is 1.23. The standard InChI is InChI=1S/C39H33F3N6O3S/c1-19-46-47-38(51-19)31-26(14-10-20-8-11-22(40)12-9-20)43-34-28-6-4-16-48(28)39(49)33(34)32(31)30-18-21-17-27(36(41)42)45-37(35(21)52-30)44-25-15-13-24-23(25)5-3-7-29(24)50-2/h3,5,7-9,11-12,17-18,25,28,36H,4,6,10,13-16H2,1-2H3,(H,44,45)/t25-,28?/m0/s1. The largest absolute Gasteiger partial charge is 0.496 e. The number of benzene rings is 2. The Kier molecular flexibility index (Phi) is 7.98. The molecule has 2 aliphatic heterocycles. The van der Waals surface area contributed by atoms with Gasteiger partial charge in [-0.1, -0.05) is 24.3 Å². The van der Waals surface area contributed by atoms with E-state index in [4.69, 9.17) is 14.1 Å². The predicted octanol–water partition coefficient (Wildman–Crippen LogP) is 8.98. The van der Waals surface area contributed by atoms with E-state index in [-0.39, 0.29) is 35.4 Å². The maximum Gasteiger partial charge on any atom is 0.280 e. The first kappa shape index (κ1) is 32.6. The van der Waals surface area contributed by atoms with Gasteiger partial charge in [0, 0.05) is 23.9 Å². The summed E-state index contributed by atoms with van der Waals surface area (Å²) >= 11 is 1.38. The lowest BCUT2D eigenvalue weighted by atomic mass is 9.93. The highest BCUT2D eigenvalue weighted by Crippen LogP contribution is 2.51. The average Bonchev–Trinajstić information content (AvgIpc) is 3.98. The Morgan fingerprint density at radius 2 is 1.88 bits per heavy atom. The van der Waals surface area contributed by atoms with E-state index in [0.29, 0.717) is 74.1 Å². The number of fused-ring (bicyclic) bond motifs is 5. The number of aryl methyl sites for hydroxylation is 3. The summed E-state index contributed by atoms with van der Waals surface area (Å²) in [5.74, 6) is 1.28. The van der Waals surface area contributed by atoms with Gasteiger partial charge in [-0.25, -0.2) is 18.2 Å². The molecule has 0 spiro atoms. The summed E-state index contributed by atoms with van der Waals surface area (Å²) in [5.41, 5.74) is 5.70. The SMILES string of the molecule is COc1cccc2c1CC[C@@H]2Nc1nc(C(F)F)cc2cc(-c3c4c(nc(CCc5ccc(F)cc5)c3-c3nnc(C)o3)C3CCCN3C4=O)sc12. The molecule has 1 N–H and O–H groups in total. The number of aromatic nitrogens is 4. The van der Waals surface area contributed by atoms with Crippen LogP contribution in [0.25, 0.3) is 32.0 Å². The Labute approximate surface area is 300 Å². The minimum Gasteiger partial charge on any atom is -0.496 e.